The minimum atomic E-state index is -2.88. The molecule has 0 aromatic heterocycles. The molecule has 0 bridgehead atoms. The zero-order chi connectivity index (χ0) is 20.5. The Balaban J connectivity index is 1.59. The molecule has 6 heteroatoms. The van der Waals surface area contributed by atoms with Gasteiger partial charge in [0.05, 0.1) is 6.54 Å². The van der Waals surface area contributed by atoms with Gasteiger partial charge in [-0.1, -0.05) is 60.7 Å². The van der Waals surface area contributed by atoms with Crippen molar-refractivity contribution < 1.29 is 18.3 Å². The molecule has 0 aliphatic carbocycles. The van der Waals surface area contributed by atoms with Gasteiger partial charge in [-0.25, -0.2) is 0 Å². The maximum atomic E-state index is 12.3. The molecule has 0 saturated carbocycles. The van der Waals surface area contributed by atoms with Gasteiger partial charge in [-0.05, 0) is 41.8 Å². The number of anilines is 1. The predicted octanol–water partition coefficient (Wildman–Crippen LogP) is 4.80. The minimum absolute atomic E-state index is 0.0221. The maximum Gasteiger partial charge on any atom is 0.387 e. The summed E-state index contributed by atoms with van der Waals surface area (Å²) in [6, 6.07) is 25.8. The summed E-state index contributed by atoms with van der Waals surface area (Å²) in [5.41, 5.74) is 2.78. The van der Waals surface area contributed by atoms with Gasteiger partial charge in [0.15, 0.2) is 0 Å². The molecular formula is C23H22F2N2O2. The number of hydrogen-bond donors (Lipinski definition) is 2. The van der Waals surface area contributed by atoms with Crippen LogP contribution < -0.4 is 15.4 Å². The molecule has 150 valence electrons. The highest BCUT2D eigenvalue weighted by atomic mass is 19.3. The monoisotopic (exact) mass is 396 g/mol. The Bertz CT molecular complexity index is 888. The number of nitrogens with one attached hydrogen (secondary N) is 2. The van der Waals surface area contributed by atoms with E-state index in [4.69, 9.17) is 0 Å². The molecule has 0 fully saturated rings. The van der Waals surface area contributed by atoms with Crippen LogP contribution in [0.1, 0.15) is 17.2 Å². The Morgan fingerprint density at radius 2 is 1.48 bits per heavy atom. The van der Waals surface area contributed by atoms with Crippen molar-refractivity contribution in [2.24, 2.45) is 0 Å². The van der Waals surface area contributed by atoms with Gasteiger partial charge in [-0.15, -0.1) is 0 Å². The van der Waals surface area contributed by atoms with Crippen LogP contribution in [-0.4, -0.2) is 19.1 Å². The Labute approximate surface area is 168 Å². The molecule has 1 amide bonds. The molecule has 3 aromatic carbocycles. The molecule has 0 saturated heterocycles. The number of hydrogen-bond acceptors (Lipinski definition) is 3. The normalized spacial score (nSPS) is 11.8. The molecule has 2 N–H and O–H groups in total. The van der Waals surface area contributed by atoms with E-state index in [1.807, 2.05) is 48.5 Å². The number of halogens is 2. The third-order valence-corrected chi connectivity index (χ3v) is 4.36. The average molecular weight is 396 g/mol. The van der Waals surface area contributed by atoms with Crippen molar-refractivity contribution in [1.82, 2.24) is 5.32 Å². The van der Waals surface area contributed by atoms with E-state index in [1.54, 1.807) is 0 Å². The Morgan fingerprint density at radius 3 is 2.10 bits per heavy atom. The van der Waals surface area contributed by atoms with Gasteiger partial charge in [0.2, 0.25) is 5.91 Å². The number of carbonyl (C=O) groups is 1. The lowest BCUT2D eigenvalue weighted by Gasteiger charge is -2.19. The summed E-state index contributed by atoms with van der Waals surface area (Å²) in [7, 11) is 0. The predicted molar refractivity (Wildman–Crippen MR) is 109 cm³/mol. The first-order chi connectivity index (χ1) is 14.1. The number of alkyl halides is 2. The average Bonchev–Trinajstić information content (AvgIpc) is 2.73. The van der Waals surface area contributed by atoms with Crippen LogP contribution in [0.4, 0.5) is 14.5 Å². The van der Waals surface area contributed by atoms with E-state index in [2.05, 4.69) is 27.5 Å². The Kier molecular flexibility index (Phi) is 7.30. The summed E-state index contributed by atoms with van der Waals surface area (Å²) in [6.07, 6.45) is 0.748. The number of ether oxygens (including phenoxy) is 1. The lowest BCUT2D eigenvalue weighted by molar-refractivity contribution is -0.115. The molecule has 0 heterocycles. The van der Waals surface area contributed by atoms with Crippen molar-refractivity contribution in [1.29, 1.82) is 0 Å². The highest BCUT2D eigenvalue weighted by Gasteiger charge is 2.14. The summed E-state index contributed by atoms with van der Waals surface area (Å²) in [6.45, 7) is -2.76. The maximum absolute atomic E-state index is 12.3. The molecule has 0 aliphatic heterocycles. The van der Waals surface area contributed by atoms with Gasteiger partial charge < -0.3 is 15.4 Å². The second kappa shape index (κ2) is 10.3. The van der Waals surface area contributed by atoms with Crippen molar-refractivity contribution >= 4 is 11.6 Å². The fourth-order valence-corrected chi connectivity index (χ4v) is 2.98. The van der Waals surface area contributed by atoms with Crippen LogP contribution in [0.3, 0.4) is 0 Å². The van der Waals surface area contributed by atoms with Crippen LogP contribution in [0.5, 0.6) is 5.75 Å². The topological polar surface area (TPSA) is 50.4 Å². The van der Waals surface area contributed by atoms with E-state index in [-0.39, 0.29) is 24.2 Å². The van der Waals surface area contributed by atoms with Gasteiger partial charge in [0.25, 0.3) is 0 Å². The van der Waals surface area contributed by atoms with Crippen LogP contribution in [0, 0.1) is 0 Å². The van der Waals surface area contributed by atoms with Crippen molar-refractivity contribution in [3.05, 3.63) is 96.1 Å². The highest BCUT2D eigenvalue weighted by molar-refractivity contribution is 5.92. The minimum Gasteiger partial charge on any atom is -0.435 e. The van der Waals surface area contributed by atoms with Gasteiger partial charge in [-0.3, -0.25) is 4.79 Å². The fraction of sp³-hybridized carbons (Fsp3) is 0.174. The molecule has 0 radical (unpaired) electrons. The van der Waals surface area contributed by atoms with Crippen molar-refractivity contribution in [3.8, 4) is 5.75 Å². The van der Waals surface area contributed by atoms with E-state index in [0.717, 1.165) is 12.0 Å². The molecule has 0 aliphatic rings. The zero-order valence-corrected chi connectivity index (χ0v) is 15.7. The van der Waals surface area contributed by atoms with Crippen LogP contribution >= 0.6 is 0 Å². The molecule has 29 heavy (non-hydrogen) atoms. The van der Waals surface area contributed by atoms with E-state index in [9.17, 15) is 13.6 Å². The summed E-state index contributed by atoms with van der Waals surface area (Å²) in [4.78, 5) is 12.3. The largest absolute Gasteiger partial charge is 0.435 e. The van der Waals surface area contributed by atoms with Crippen molar-refractivity contribution in [3.63, 3.8) is 0 Å². The van der Waals surface area contributed by atoms with Gasteiger partial charge in [-0.2, -0.15) is 8.78 Å². The number of benzene rings is 3. The number of rotatable bonds is 9. The van der Waals surface area contributed by atoms with Crippen molar-refractivity contribution in [2.75, 3.05) is 11.9 Å². The quantitative estimate of drug-likeness (QED) is 0.546. The molecular weight excluding hydrogens is 374 g/mol. The molecule has 3 rings (SSSR count). The summed E-state index contributed by atoms with van der Waals surface area (Å²) in [5, 5.41) is 6.05. The molecule has 3 aromatic rings. The van der Waals surface area contributed by atoms with Crippen LogP contribution in [0.15, 0.2) is 84.9 Å². The van der Waals surface area contributed by atoms with E-state index >= 15 is 0 Å². The summed E-state index contributed by atoms with van der Waals surface area (Å²) in [5.74, 6) is -0.176. The van der Waals surface area contributed by atoms with Gasteiger partial charge >= 0.3 is 6.61 Å². The SMILES string of the molecule is O=C(CNC(Cc1ccccc1)c1ccccc1)Nc1ccc(OC(F)F)cc1. The van der Waals surface area contributed by atoms with E-state index < -0.39 is 6.61 Å². The number of carbonyl (C=O) groups excluding carboxylic acids is 1. The molecule has 1 unspecified atom stereocenters. The van der Waals surface area contributed by atoms with Gasteiger partial charge in [0, 0.05) is 11.7 Å². The Morgan fingerprint density at radius 1 is 0.862 bits per heavy atom. The second-order valence-corrected chi connectivity index (χ2v) is 6.48. The standard InChI is InChI=1S/C23H22F2N2O2/c24-23(25)29-20-13-11-19(12-14-20)27-22(28)16-26-21(18-9-5-2-6-10-18)15-17-7-3-1-4-8-17/h1-14,21,23,26H,15-16H2,(H,27,28). The lowest BCUT2D eigenvalue weighted by Crippen LogP contribution is -2.32. The lowest BCUT2D eigenvalue weighted by atomic mass is 9.99. The first-order valence-electron chi connectivity index (χ1n) is 9.27. The van der Waals surface area contributed by atoms with Gasteiger partial charge in [0.1, 0.15) is 5.75 Å². The van der Waals surface area contributed by atoms with Crippen LogP contribution in [-0.2, 0) is 11.2 Å². The highest BCUT2D eigenvalue weighted by Crippen LogP contribution is 2.19. The van der Waals surface area contributed by atoms with E-state index in [1.165, 1.54) is 29.8 Å². The van der Waals surface area contributed by atoms with Crippen LogP contribution in [0.2, 0.25) is 0 Å². The molecule has 4 nitrogen and oxygen atoms in total. The second-order valence-electron chi connectivity index (χ2n) is 6.48. The first-order valence-corrected chi connectivity index (χ1v) is 9.27. The first kappa shape index (κ1) is 20.5. The fourth-order valence-electron chi connectivity index (χ4n) is 2.98. The third kappa shape index (κ3) is 6.69. The third-order valence-electron chi connectivity index (χ3n) is 4.36. The van der Waals surface area contributed by atoms with Crippen LogP contribution in [0.25, 0.3) is 0 Å². The van der Waals surface area contributed by atoms with E-state index in [0.29, 0.717) is 5.69 Å². The smallest absolute Gasteiger partial charge is 0.387 e. The molecule has 1 atom stereocenters. The number of amides is 1. The Hall–Kier alpha value is -3.25. The zero-order valence-electron chi connectivity index (χ0n) is 15.7. The molecule has 0 spiro atoms. The van der Waals surface area contributed by atoms with Crippen molar-refractivity contribution in [2.45, 2.75) is 19.1 Å². The summed E-state index contributed by atoms with van der Waals surface area (Å²) < 4.78 is 28.7. The summed E-state index contributed by atoms with van der Waals surface area (Å²) >= 11 is 0.